The highest BCUT2D eigenvalue weighted by atomic mass is 16.5. The first kappa shape index (κ1) is 22.7. The average molecular weight is 395 g/mol. The van der Waals surface area contributed by atoms with E-state index in [0.29, 0.717) is 0 Å². The molecule has 0 aliphatic carbocycles. The van der Waals surface area contributed by atoms with Gasteiger partial charge in [0.2, 0.25) is 5.91 Å². The zero-order valence-corrected chi connectivity index (χ0v) is 18.0. The number of nitrogens with zero attached hydrogens (tertiary/aromatic N) is 1. The molecule has 4 nitrogen and oxygen atoms in total. The van der Waals surface area contributed by atoms with Gasteiger partial charge in [0, 0.05) is 18.3 Å². The van der Waals surface area contributed by atoms with Crippen molar-refractivity contribution in [3.8, 4) is 5.75 Å². The lowest BCUT2D eigenvalue weighted by Gasteiger charge is -2.12. The minimum absolute atomic E-state index is 0.0401. The molecule has 0 unspecified atom stereocenters. The van der Waals surface area contributed by atoms with Gasteiger partial charge in [-0.1, -0.05) is 37.6 Å². The standard InChI is InChI=1S/C25H34N2O2/c1-4-5-10-22(23-13-15-24(29-3)16-14-23)11-7-12-25(28)27-20(2)8-6-9-21-17-18-26-19-21/h7,11-18,20H,4-6,8-10,19H2,1-3H3,(H,27,28)/t20-/m1/s1. The molecule has 0 saturated carbocycles. The number of hydrogen-bond donors (Lipinski definition) is 1. The van der Waals surface area contributed by atoms with E-state index in [1.807, 2.05) is 30.5 Å². The van der Waals surface area contributed by atoms with Crippen LogP contribution < -0.4 is 10.1 Å². The van der Waals surface area contributed by atoms with Gasteiger partial charge in [-0.15, -0.1) is 0 Å². The molecule has 1 heterocycles. The first-order chi connectivity index (χ1) is 14.1. The predicted molar refractivity (Wildman–Crippen MR) is 123 cm³/mol. The van der Waals surface area contributed by atoms with E-state index in [-0.39, 0.29) is 11.9 Å². The molecule has 1 aliphatic rings. The molecule has 4 heteroatoms. The lowest BCUT2D eigenvalue weighted by molar-refractivity contribution is -0.117. The van der Waals surface area contributed by atoms with Crippen molar-refractivity contribution in [2.24, 2.45) is 4.99 Å². The Bertz CT molecular complexity index is 758. The fourth-order valence-electron chi connectivity index (χ4n) is 3.29. The Hall–Kier alpha value is -2.62. The number of hydrogen-bond acceptors (Lipinski definition) is 3. The molecule has 1 N–H and O–H groups in total. The van der Waals surface area contributed by atoms with Crippen molar-refractivity contribution >= 4 is 17.7 Å². The van der Waals surface area contributed by atoms with Gasteiger partial charge < -0.3 is 10.1 Å². The maximum Gasteiger partial charge on any atom is 0.244 e. The Morgan fingerprint density at radius 1 is 1.28 bits per heavy atom. The van der Waals surface area contributed by atoms with E-state index in [4.69, 9.17) is 4.74 Å². The van der Waals surface area contributed by atoms with Crippen LogP contribution in [0.1, 0.15) is 57.9 Å². The van der Waals surface area contributed by atoms with Gasteiger partial charge in [0.05, 0.1) is 13.7 Å². The first-order valence-corrected chi connectivity index (χ1v) is 10.6. The molecule has 1 atom stereocenters. The van der Waals surface area contributed by atoms with E-state index >= 15 is 0 Å². The summed E-state index contributed by atoms with van der Waals surface area (Å²) in [5, 5.41) is 3.05. The number of amides is 1. The zero-order chi connectivity index (χ0) is 20.9. The molecule has 0 saturated heterocycles. The Balaban J connectivity index is 1.84. The van der Waals surface area contributed by atoms with Crippen molar-refractivity contribution in [3.63, 3.8) is 0 Å². The lowest BCUT2D eigenvalue weighted by Crippen LogP contribution is -2.30. The predicted octanol–water partition coefficient (Wildman–Crippen LogP) is 5.51. The van der Waals surface area contributed by atoms with Crippen LogP contribution in [0.3, 0.4) is 0 Å². The minimum Gasteiger partial charge on any atom is -0.497 e. The zero-order valence-electron chi connectivity index (χ0n) is 18.0. The van der Waals surface area contributed by atoms with Crippen LogP contribution in [0.2, 0.25) is 0 Å². The normalized spacial score (nSPS) is 14.9. The molecule has 156 valence electrons. The summed E-state index contributed by atoms with van der Waals surface area (Å²) in [7, 11) is 1.67. The van der Waals surface area contributed by atoms with E-state index in [9.17, 15) is 4.79 Å². The summed E-state index contributed by atoms with van der Waals surface area (Å²) in [6.45, 7) is 5.09. The quantitative estimate of drug-likeness (QED) is 0.375. The van der Waals surface area contributed by atoms with Crippen molar-refractivity contribution in [1.82, 2.24) is 5.32 Å². The molecule has 0 spiro atoms. The number of ether oxygens (including phenoxy) is 1. The molecule has 0 radical (unpaired) electrons. The fourth-order valence-corrected chi connectivity index (χ4v) is 3.29. The van der Waals surface area contributed by atoms with Crippen LogP contribution in [-0.2, 0) is 4.79 Å². The summed E-state index contributed by atoms with van der Waals surface area (Å²) < 4.78 is 5.24. The minimum atomic E-state index is -0.0401. The highest BCUT2D eigenvalue weighted by molar-refractivity contribution is 5.88. The molecule has 0 bridgehead atoms. The van der Waals surface area contributed by atoms with E-state index in [0.717, 1.165) is 50.8 Å². The Kier molecular flexibility index (Phi) is 9.98. The van der Waals surface area contributed by atoms with Gasteiger partial charge in [-0.25, -0.2) is 0 Å². The summed E-state index contributed by atoms with van der Waals surface area (Å²) in [4.78, 5) is 16.4. The van der Waals surface area contributed by atoms with Crippen molar-refractivity contribution < 1.29 is 9.53 Å². The third-order valence-electron chi connectivity index (χ3n) is 5.04. The van der Waals surface area contributed by atoms with Gasteiger partial charge in [0.25, 0.3) is 0 Å². The number of carbonyl (C=O) groups is 1. The topological polar surface area (TPSA) is 50.7 Å². The van der Waals surface area contributed by atoms with Crippen LogP contribution in [0.25, 0.3) is 5.57 Å². The summed E-state index contributed by atoms with van der Waals surface area (Å²) in [5.41, 5.74) is 3.79. The number of methoxy groups -OCH3 is 1. The molecular weight excluding hydrogens is 360 g/mol. The number of rotatable bonds is 12. The third kappa shape index (κ3) is 8.51. The van der Waals surface area contributed by atoms with Crippen LogP contribution in [0.5, 0.6) is 5.75 Å². The van der Waals surface area contributed by atoms with Crippen molar-refractivity contribution in [2.45, 2.75) is 58.4 Å². The number of nitrogens with one attached hydrogen (secondary N) is 1. The second-order valence-corrected chi connectivity index (χ2v) is 7.50. The Morgan fingerprint density at radius 2 is 2.07 bits per heavy atom. The second kappa shape index (κ2) is 12.8. The molecule has 0 fully saturated rings. The van der Waals surface area contributed by atoms with E-state index in [1.165, 1.54) is 16.7 Å². The molecular formula is C25H34N2O2. The number of benzene rings is 1. The van der Waals surface area contributed by atoms with Crippen molar-refractivity contribution in [3.05, 3.63) is 59.7 Å². The Morgan fingerprint density at radius 3 is 2.72 bits per heavy atom. The van der Waals surface area contributed by atoms with Gasteiger partial charge in [-0.2, -0.15) is 0 Å². The maximum atomic E-state index is 12.2. The molecule has 0 aromatic heterocycles. The van der Waals surface area contributed by atoms with Gasteiger partial charge in [-0.3, -0.25) is 9.79 Å². The van der Waals surface area contributed by atoms with Gasteiger partial charge in [0.1, 0.15) is 5.75 Å². The van der Waals surface area contributed by atoms with Gasteiger partial charge in [-0.05, 0) is 73.9 Å². The van der Waals surface area contributed by atoms with Crippen LogP contribution in [0.4, 0.5) is 0 Å². The molecule has 29 heavy (non-hydrogen) atoms. The lowest BCUT2D eigenvalue weighted by atomic mass is 9.99. The fraction of sp³-hybridized carbons (Fsp3) is 0.440. The van der Waals surface area contributed by atoms with Crippen molar-refractivity contribution in [2.75, 3.05) is 13.7 Å². The smallest absolute Gasteiger partial charge is 0.244 e. The summed E-state index contributed by atoms with van der Waals surface area (Å²) in [5.74, 6) is 0.811. The average Bonchev–Trinajstić information content (AvgIpc) is 3.24. The largest absolute Gasteiger partial charge is 0.497 e. The number of carbonyl (C=O) groups excluding carboxylic acids is 1. The summed E-state index contributed by atoms with van der Waals surface area (Å²) >= 11 is 0. The van der Waals surface area contributed by atoms with Crippen LogP contribution >= 0.6 is 0 Å². The molecule has 2 rings (SSSR count). The molecule has 1 aromatic rings. The van der Waals surface area contributed by atoms with E-state index in [2.05, 4.69) is 42.4 Å². The second-order valence-electron chi connectivity index (χ2n) is 7.50. The maximum absolute atomic E-state index is 12.2. The molecule has 1 amide bonds. The van der Waals surface area contributed by atoms with Gasteiger partial charge in [0.15, 0.2) is 0 Å². The number of allylic oxidation sites excluding steroid dienone is 4. The summed E-state index contributed by atoms with van der Waals surface area (Å²) in [6, 6.07) is 8.25. The SMILES string of the molecule is CCCCC(=CC=CC(=O)N[C@H](C)CCCC1=CC=NC1)c1ccc(OC)cc1. The summed E-state index contributed by atoms with van der Waals surface area (Å²) in [6.07, 6.45) is 15.8. The van der Waals surface area contributed by atoms with Crippen LogP contribution in [0, 0.1) is 0 Å². The highest BCUT2D eigenvalue weighted by Gasteiger charge is 2.06. The van der Waals surface area contributed by atoms with E-state index < -0.39 is 0 Å². The first-order valence-electron chi connectivity index (χ1n) is 10.6. The van der Waals surface area contributed by atoms with Crippen LogP contribution in [-0.4, -0.2) is 31.8 Å². The Labute approximate surface area is 175 Å². The molecule has 1 aliphatic heterocycles. The van der Waals surface area contributed by atoms with E-state index in [1.54, 1.807) is 13.2 Å². The van der Waals surface area contributed by atoms with Crippen molar-refractivity contribution in [1.29, 1.82) is 0 Å². The van der Waals surface area contributed by atoms with Gasteiger partial charge >= 0.3 is 0 Å². The third-order valence-corrected chi connectivity index (χ3v) is 5.04. The van der Waals surface area contributed by atoms with Crippen LogP contribution in [0.15, 0.2) is 59.1 Å². The monoisotopic (exact) mass is 394 g/mol. The number of unbranched alkanes of at least 4 members (excludes halogenated alkanes) is 1. The molecule has 1 aromatic carbocycles. The number of aliphatic imine (C=N–C) groups is 1. The highest BCUT2D eigenvalue weighted by Crippen LogP contribution is 2.23.